The fourth-order valence-electron chi connectivity index (χ4n) is 2.90. The van der Waals surface area contributed by atoms with Crippen molar-refractivity contribution in [3.63, 3.8) is 0 Å². The summed E-state index contributed by atoms with van der Waals surface area (Å²) in [5.74, 6) is -0.426. The van der Waals surface area contributed by atoms with Crippen molar-refractivity contribution in [3.05, 3.63) is 12.2 Å². The molecule has 0 bridgehead atoms. The highest BCUT2D eigenvalue weighted by atomic mass is 16.5. The molecule has 0 heterocycles. The molecule has 0 atom stereocenters. The van der Waals surface area contributed by atoms with Crippen LogP contribution in [-0.2, 0) is 9.53 Å². The van der Waals surface area contributed by atoms with Crippen molar-refractivity contribution < 1.29 is 14.3 Å². The van der Waals surface area contributed by atoms with Crippen LogP contribution in [0.1, 0.15) is 47.5 Å². The maximum atomic E-state index is 12.6. The van der Waals surface area contributed by atoms with Gasteiger partial charge in [-0.25, -0.2) is 9.59 Å². The van der Waals surface area contributed by atoms with Gasteiger partial charge in [0.15, 0.2) is 0 Å². The van der Waals surface area contributed by atoms with Crippen LogP contribution < -0.4 is 5.32 Å². The van der Waals surface area contributed by atoms with Crippen molar-refractivity contribution in [2.75, 3.05) is 65.5 Å². The molecule has 0 aromatic carbocycles. The van der Waals surface area contributed by atoms with E-state index in [-0.39, 0.29) is 12.6 Å². The Balaban J connectivity index is 4.47. The van der Waals surface area contributed by atoms with Crippen LogP contribution in [0.25, 0.3) is 0 Å². The molecule has 0 aromatic rings. The summed E-state index contributed by atoms with van der Waals surface area (Å²) in [7, 11) is 0. The van der Waals surface area contributed by atoms with Gasteiger partial charge < -0.3 is 24.8 Å². The number of amides is 2. The maximum absolute atomic E-state index is 12.6. The summed E-state index contributed by atoms with van der Waals surface area (Å²) in [5, 5.41) is 2.86. The van der Waals surface area contributed by atoms with Gasteiger partial charge in [-0.05, 0) is 59.0 Å². The Kier molecular flexibility index (Phi) is 15.4. The van der Waals surface area contributed by atoms with Crippen LogP contribution in [0.5, 0.6) is 0 Å². The number of hydrogen-bond donors (Lipinski definition) is 1. The third kappa shape index (κ3) is 12.0. The van der Waals surface area contributed by atoms with Crippen LogP contribution >= 0.6 is 0 Å². The number of urea groups is 1. The summed E-state index contributed by atoms with van der Waals surface area (Å²) in [6.45, 7) is 21.8. The second-order valence-corrected chi connectivity index (χ2v) is 6.90. The Morgan fingerprint density at radius 3 is 1.71 bits per heavy atom. The lowest BCUT2D eigenvalue weighted by atomic mass is 10.3. The average Bonchev–Trinajstić information content (AvgIpc) is 2.69. The lowest BCUT2D eigenvalue weighted by Gasteiger charge is -2.26. The van der Waals surface area contributed by atoms with E-state index < -0.39 is 5.97 Å². The molecule has 2 amide bonds. The van der Waals surface area contributed by atoms with E-state index in [1.807, 2.05) is 4.90 Å². The van der Waals surface area contributed by atoms with E-state index in [0.29, 0.717) is 12.1 Å². The van der Waals surface area contributed by atoms with Crippen molar-refractivity contribution in [2.45, 2.75) is 47.5 Å². The molecule has 0 saturated carbocycles. The number of nitrogens with zero attached hydrogens (tertiary/aromatic N) is 3. The lowest BCUT2D eigenvalue weighted by Crippen LogP contribution is -2.43. The topological polar surface area (TPSA) is 65.1 Å². The first-order valence-electron chi connectivity index (χ1n) is 10.7. The predicted molar refractivity (Wildman–Crippen MR) is 116 cm³/mol. The standard InChI is InChI=1S/C21H42N4O3/c1-7-23(8-2)14-11-16-25(17-12-15-24(9-3)10-4)21(27)22-13-18-28-20(26)19(5)6/h5,7-18H2,1-4,6H3,(H,22,27). The van der Waals surface area contributed by atoms with Crippen LogP contribution in [0.3, 0.4) is 0 Å². The van der Waals surface area contributed by atoms with Gasteiger partial charge in [-0.2, -0.15) is 0 Å². The second kappa shape index (κ2) is 16.4. The highest BCUT2D eigenvalue weighted by Gasteiger charge is 2.14. The smallest absolute Gasteiger partial charge is 0.333 e. The quantitative estimate of drug-likeness (QED) is 0.246. The highest BCUT2D eigenvalue weighted by molar-refractivity contribution is 5.86. The van der Waals surface area contributed by atoms with Crippen molar-refractivity contribution in [1.82, 2.24) is 20.0 Å². The first-order valence-corrected chi connectivity index (χ1v) is 10.7. The minimum absolute atomic E-state index is 0.0922. The molecule has 7 heteroatoms. The molecule has 7 nitrogen and oxygen atoms in total. The van der Waals surface area contributed by atoms with E-state index in [1.54, 1.807) is 6.92 Å². The predicted octanol–water partition coefficient (Wildman–Crippen LogP) is 2.58. The molecule has 0 aliphatic carbocycles. The molecule has 1 N–H and O–H groups in total. The molecule has 0 radical (unpaired) electrons. The molecular weight excluding hydrogens is 356 g/mol. The Morgan fingerprint density at radius 1 is 0.857 bits per heavy atom. The number of nitrogens with one attached hydrogen (secondary N) is 1. The van der Waals surface area contributed by atoms with Crippen molar-refractivity contribution in [3.8, 4) is 0 Å². The summed E-state index contributed by atoms with van der Waals surface area (Å²) in [5.41, 5.74) is 0.362. The molecule has 164 valence electrons. The lowest BCUT2D eigenvalue weighted by molar-refractivity contribution is -0.138. The molecule has 0 spiro atoms. The zero-order valence-electron chi connectivity index (χ0n) is 18.8. The van der Waals surface area contributed by atoms with E-state index >= 15 is 0 Å². The number of esters is 1. The van der Waals surface area contributed by atoms with Crippen LogP contribution in [0.2, 0.25) is 0 Å². The zero-order chi connectivity index (χ0) is 21.4. The summed E-state index contributed by atoms with van der Waals surface area (Å²) < 4.78 is 5.03. The maximum Gasteiger partial charge on any atom is 0.333 e. The van der Waals surface area contributed by atoms with Crippen LogP contribution in [0.15, 0.2) is 12.2 Å². The highest BCUT2D eigenvalue weighted by Crippen LogP contribution is 2.00. The Hall–Kier alpha value is -1.60. The number of carbonyl (C=O) groups is 2. The third-order valence-electron chi connectivity index (χ3n) is 4.84. The van der Waals surface area contributed by atoms with Crippen LogP contribution in [0.4, 0.5) is 4.79 Å². The van der Waals surface area contributed by atoms with Gasteiger partial charge >= 0.3 is 12.0 Å². The first-order chi connectivity index (χ1) is 13.4. The van der Waals surface area contributed by atoms with Crippen LogP contribution in [0, 0.1) is 0 Å². The molecule has 28 heavy (non-hydrogen) atoms. The molecule has 0 aromatic heterocycles. The fraction of sp³-hybridized carbons (Fsp3) is 0.810. The summed E-state index contributed by atoms with van der Waals surface area (Å²) in [4.78, 5) is 30.6. The molecule has 0 saturated heterocycles. The van der Waals surface area contributed by atoms with Gasteiger partial charge in [0.2, 0.25) is 0 Å². The minimum atomic E-state index is -0.426. The first kappa shape index (κ1) is 26.4. The molecule has 0 fully saturated rings. The van der Waals surface area contributed by atoms with Gasteiger partial charge in [-0.3, -0.25) is 0 Å². The fourth-order valence-corrected chi connectivity index (χ4v) is 2.90. The third-order valence-corrected chi connectivity index (χ3v) is 4.84. The summed E-state index contributed by atoms with van der Waals surface area (Å²) >= 11 is 0. The molecule has 0 rings (SSSR count). The van der Waals surface area contributed by atoms with E-state index in [1.165, 1.54) is 0 Å². The molecule has 0 aliphatic heterocycles. The van der Waals surface area contributed by atoms with E-state index in [2.05, 4.69) is 49.4 Å². The van der Waals surface area contributed by atoms with Gasteiger partial charge in [0.05, 0.1) is 6.54 Å². The molecule has 0 unspecified atom stereocenters. The second-order valence-electron chi connectivity index (χ2n) is 6.90. The molecule has 0 aliphatic rings. The van der Waals surface area contributed by atoms with Gasteiger partial charge in [-0.15, -0.1) is 0 Å². The van der Waals surface area contributed by atoms with E-state index in [9.17, 15) is 9.59 Å². The number of hydrogen-bond acceptors (Lipinski definition) is 5. The summed E-state index contributed by atoms with van der Waals surface area (Å²) in [6, 6.07) is -0.0922. The number of ether oxygens (including phenoxy) is 1. The Morgan fingerprint density at radius 2 is 1.32 bits per heavy atom. The SMILES string of the molecule is C=C(C)C(=O)OCCNC(=O)N(CCCN(CC)CC)CCCN(CC)CC. The van der Waals surface area contributed by atoms with Gasteiger partial charge in [0.1, 0.15) is 6.61 Å². The Bertz CT molecular complexity index is 431. The van der Waals surface area contributed by atoms with Crippen molar-refractivity contribution in [2.24, 2.45) is 0 Å². The average molecular weight is 399 g/mol. The van der Waals surface area contributed by atoms with Crippen LogP contribution in [-0.4, -0.2) is 92.2 Å². The van der Waals surface area contributed by atoms with E-state index in [0.717, 1.165) is 65.2 Å². The van der Waals surface area contributed by atoms with Gasteiger partial charge in [0.25, 0.3) is 0 Å². The number of carbonyl (C=O) groups excluding carboxylic acids is 2. The summed E-state index contributed by atoms with van der Waals surface area (Å²) in [6.07, 6.45) is 1.90. The number of rotatable bonds is 16. The van der Waals surface area contributed by atoms with Gasteiger partial charge in [0, 0.05) is 18.7 Å². The zero-order valence-corrected chi connectivity index (χ0v) is 18.8. The minimum Gasteiger partial charge on any atom is -0.460 e. The monoisotopic (exact) mass is 398 g/mol. The Labute approximate surface area is 172 Å². The molecular formula is C21H42N4O3. The van der Waals surface area contributed by atoms with E-state index in [4.69, 9.17) is 4.74 Å². The van der Waals surface area contributed by atoms with Crippen molar-refractivity contribution in [1.29, 1.82) is 0 Å². The normalized spacial score (nSPS) is 11.0. The van der Waals surface area contributed by atoms with Gasteiger partial charge in [-0.1, -0.05) is 34.3 Å². The largest absolute Gasteiger partial charge is 0.460 e. The van der Waals surface area contributed by atoms with Crippen molar-refractivity contribution >= 4 is 12.0 Å².